The van der Waals surface area contributed by atoms with Gasteiger partial charge in [-0.25, -0.2) is 0 Å². The minimum Gasteiger partial charge on any atom is -0.714 e. The fourth-order valence-electron chi connectivity index (χ4n) is 2.59. The van der Waals surface area contributed by atoms with E-state index in [1.165, 1.54) is 4.90 Å². The average Bonchev–Trinajstić information content (AvgIpc) is 2.58. The number of hydrogen-bond donors (Lipinski definition) is 0. The molecule has 0 saturated carbocycles. The van der Waals surface area contributed by atoms with Gasteiger partial charge >= 0.3 is 51.4 Å². The molecule has 1 amide bonds. The number of carbonyl (C=O) groups is 1. The van der Waals surface area contributed by atoms with E-state index in [0.717, 1.165) is 0 Å². The zero-order valence-corrected chi connectivity index (χ0v) is 19.5. The molecule has 7 nitrogen and oxygen atoms in total. The van der Waals surface area contributed by atoms with E-state index in [1.807, 2.05) is 0 Å². The fraction of sp³-hybridized carbons (Fsp3) is 0.125. The maximum absolute atomic E-state index is 12.8. The molecule has 0 radical (unpaired) electrons. The number of fused-ring (bicyclic) bond motifs is 1. The summed E-state index contributed by atoms with van der Waals surface area (Å²) >= 11 is 11.9. The maximum Gasteiger partial charge on any atom is 1.00 e. The Hall–Kier alpha value is -0.494. The van der Waals surface area contributed by atoms with Crippen LogP contribution in [0, 0.1) is 0 Å². The number of oxime groups is 1. The molecule has 27 heavy (non-hydrogen) atoms. The number of halogens is 2. The van der Waals surface area contributed by atoms with E-state index in [-0.39, 0.29) is 76.0 Å². The van der Waals surface area contributed by atoms with Crippen LogP contribution in [0.1, 0.15) is 22.3 Å². The van der Waals surface area contributed by atoms with E-state index in [4.69, 9.17) is 23.2 Å². The molecule has 2 aromatic carbocycles. The van der Waals surface area contributed by atoms with Gasteiger partial charge < -0.3 is 9.45 Å². The number of carbonyl (C=O) groups excluding carboxylic acids is 1. The molecule has 136 valence electrons. The Morgan fingerprint density at radius 2 is 1.74 bits per heavy atom. The summed E-state index contributed by atoms with van der Waals surface area (Å²) in [6.45, 7) is 0.204. The second-order valence-electron chi connectivity index (χ2n) is 5.40. The van der Waals surface area contributed by atoms with E-state index in [2.05, 4.69) is 9.44 Å². The van der Waals surface area contributed by atoms with Crippen LogP contribution in [0.25, 0.3) is 0 Å². The first-order valence-corrected chi connectivity index (χ1v) is 9.42. The van der Waals surface area contributed by atoms with Crippen molar-refractivity contribution in [1.29, 1.82) is 0 Å². The van der Waals surface area contributed by atoms with Crippen molar-refractivity contribution < 1.29 is 73.4 Å². The zero-order chi connectivity index (χ0) is 18.9. The molecule has 0 saturated heterocycles. The van der Waals surface area contributed by atoms with Crippen molar-refractivity contribution in [3.63, 3.8) is 0 Å². The van der Waals surface area contributed by atoms with Crippen LogP contribution in [0.5, 0.6) is 0 Å². The van der Waals surface area contributed by atoms with Crippen LogP contribution in [0.15, 0.2) is 47.6 Å². The SMILES string of the molecule is O=C(c1ccc(Cl)cc1)N1CC/C(=N/OS(=O)(=O)[O-])c2ccc(Cl)cc21.[K+]. The van der Waals surface area contributed by atoms with Crippen molar-refractivity contribution in [3.05, 3.63) is 63.6 Å². The van der Waals surface area contributed by atoms with Gasteiger partial charge in [-0.15, -0.1) is 0 Å². The summed E-state index contributed by atoms with van der Waals surface area (Å²) in [5.41, 5.74) is 1.55. The molecule has 0 bridgehead atoms. The van der Waals surface area contributed by atoms with Crippen molar-refractivity contribution >= 4 is 50.9 Å². The third kappa shape index (κ3) is 5.75. The van der Waals surface area contributed by atoms with Crippen molar-refractivity contribution in [2.24, 2.45) is 5.16 Å². The molecular formula is C16H11Cl2KN2O5S. The number of rotatable bonds is 3. The number of anilines is 1. The molecule has 0 spiro atoms. The second-order valence-corrected chi connectivity index (χ2v) is 7.23. The normalized spacial score (nSPS) is 15.1. The van der Waals surface area contributed by atoms with Gasteiger partial charge in [-0.3, -0.25) is 9.08 Å². The molecule has 0 aromatic heterocycles. The minimum absolute atomic E-state index is 0. The van der Waals surface area contributed by atoms with Crippen LogP contribution in [-0.2, 0) is 14.7 Å². The molecule has 1 heterocycles. The Labute approximate surface area is 208 Å². The fourth-order valence-corrected chi connectivity index (χ4v) is 3.06. The zero-order valence-electron chi connectivity index (χ0n) is 14.1. The van der Waals surface area contributed by atoms with E-state index in [0.29, 0.717) is 26.9 Å². The topological polar surface area (TPSA) is 99.1 Å². The molecule has 0 N–H and O–H groups in total. The van der Waals surface area contributed by atoms with Gasteiger partial charge in [0, 0.05) is 34.1 Å². The van der Waals surface area contributed by atoms with Gasteiger partial charge in [0.2, 0.25) is 0 Å². The van der Waals surface area contributed by atoms with E-state index >= 15 is 0 Å². The molecular weight excluding hydrogens is 442 g/mol. The Morgan fingerprint density at radius 3 is 2.37 bits per heavy atom. The van der Waals surface area contributed by atoms with Gasteiger partial charge in [0.25, 0.3) is 16.3 Å². The molecule has 3 rings (SSSR count). The molecule has 1 aliphatic rings. The van der Waals surface area contributed by atoms with Crippen LogP contribution in [0.4, 0.5) is 5.69 Å². The summed E-state index contributed by atoms with van der Waals surface area (Å²) in [6, 6.07) is 11.1. The minimum atomic E-state index is -4.97. The molecule has 0 aliphatic carbocycles. The van der Waals surface area contributed by atoms with Crippen LogP contribution < -0.4 is 56.3 Å². The number of hydrogen-bond acceptors (Lipinski definition) is 6. The number of benzene rings is 2. The van der Waals surface area contributed by atoms with Gasteiger partial charge in [-0.05, 0) is 42.5 Å². The molecule has 0 atom stereocenters. The van der Waals surface area contributed by atoms with Crippen molar-refractivity contribution in [1.82, 2.24) is 0 Å². The molecule has 11 heteroatoms. The number of nitrogens with zero attached hydrogens (tertiary/aromatic N) is 2. The first kappa shape index (κ1) is 22.8. The third-order valence-corrected chi connectivity index (χ3v) is 4.45. The monoisotopic (exact) mass is 452 g/mol. The maximum atomic E-state index is 12.8. The summed E-state index contributed by atoms with van der Waals surface area (Å²) in [5, 5.41) is 4.32. The Morgan fingerprint density at radius 1 is 1.11 bits per heavy atom. The van der Waals surface area contributed by atoms with E-state index in [1.54, 1.807) is 42.5 Å². The quantitative estimate of drug-likeness (QED) is 0.287. The molecule has 1 aliphatic heterocycles. The van der Waals surface area contributed by atoms with Crippen molar-refractivity contribution in [3.8, 4) is 0 Å². The molecule has 2 aromatic rings. The van der Waals surface area contributed by atoms with Crippen LogP contribution in [-0.4, -0.2) is 31.1 Å². The molecule has 0 fully saturated rings. The largest absolute Gasteiger partial charge is 1.00 e. The van der Waals surface area contributed by atoms with Crippen LogP contribution >= 0.6 is 23.2 Å². The van der Waals surface area contributed by atoms with Gasteiger partial charge in [0.15, 0.2) is 0 Å². The third-order valence-electron chi connectivity index (χ3n) is 3.71. The van der Waals surface area contributed by atoms with E-state index in [9.17, 15) is 17.8 Å². The summed E-state index contributed by atoms with van der Waals surface area (Å²) in [7, 11) is -4.97. The second kappa shape index (κ2) is 9.34. The number of amides is 1. The smallest absolute Gasteiger partial charge is 0.714 e. The first-order chi connectivity index (χ1) is 12.2. The summed E-state index contributed by atoms with van der Waals surface area (Å²) in [5.74, 6) is -0.276. The summed E-state index contributed by atoms with van der Waals surface area (Å²) < 4.78 is 35.9. The van der Waals surface area contributed by atoms with Crippen LogP contribution in [0.2, 0.25) is 10.0 Å². The van der Waals surface area contributed by atoms with Gasteiger partial charge in [0.1, 0.15) is 0 Å². The van der Waals surface area contributed by atoms with Gasteiger partial charge in [-0.2, -0.15) is 8.42 Å². The van der Waals surface area contributed by atoms with Crippen LogP contribution in [0.3, 0.4) is 0 Å². The first-order valence-electron chi connectivity index (χ1n) is 7.33. The van der Waals surface area contributed by atoms with Gasteiger partial charge in [0.05, 0.1) is 11.4 Å². The average molecular weight is 453 g/mol. The standard InChI is InChI=1S/C16H12Cl2N2O5S.K/c17-11-3-1-10(2-4-11)16(21)20-8-7-14(19-25-26(22,23)24)13-6-5-12(18)9-15(13)20;/h1-6,9H,7-8H2,(H,22,23,24);/q;+1/p-1/b19-14-;. The Kier molecular flexibility index (Phi) is 7.88. The summed E-state index contributed by atoms with van der Waals surface area (Å²) in [6.07, 6.45) is 0.198. The predicted molar refractivity (Wildman–Crippen MR) is 96.5 cm³/mol. The van der Waals surface area contributed by atoms with Crippen molar-refractivity contribution in [2.75, 3.05) is 11.4 Å². The predicted octanol–water partition coefficient (Wildman–Crippen LogP) is 0.229. The van der Waals surface area contributed by atoms with Gasteiger partial charge in [-0.1, -0.05) is 28.4 Å². The molecule has 0 unspecified atom stereocenters. The Bertz CT molecular complexity index is 996. The van der Waals surface area contributed by atoms with E-state index < -0.39 is 10.4 Å². The van der Waals surface area contributed by atoms with Crippen molar-refractivity contribution in [2.45, 2.75) is 6.42 Å². The summed E-state index contributed by atoms with van der Waals surface area (Å²) in [4.78, 5) is 14.3. The Balaban J connectivity index is 0.00000261.